The Morgan fingerprint density at radius 3 is 1.64 bits per heavy atom. The SMILES string of the molecule is CC1(c2ccccc2)c2ccccc2Oc2ccc(-c3ccccc3C3(c4ccccc4)c4ccccc4-c4cc5ccccc5cc43)cc21. The Bertz CT molecular complexity index is 2580. The van der Waals surface area contributed by atoms with Gasteiger partial charge in [-0.25, -0.2) is 0 Å². The minimum atomic E-state index is -0.532. The molecule has 0 saturated heterocycles. The van der Waals surface area contributed by atoms with Gasteiger partial charge in [0.15, 0.2) is 0 Å². The lowest BCUT2D eigenvalue weighted by molar-refractivity contribution is 0.427. The molecule has 1 heteroatoms. The zero-order valence-corrected chi connectivity index (χ0v) is 27.8. The molecular formula is C49H34O. The van der Waals surface area contributed by atoms with Gasteiger partial charge in [-0.05, 0) is 98.1 Å². The van der Waals surface area contributed by atoms with Crippen molar-refractivity contribution in [3.63, 3.8) is 0 Å². The van der Waals surface area contributed by atoms with Crippen LogP contribution in [0.4, 0.5) is 0 Å². The molecule has 0 saturated carbocycles. The molecule has 0 spiro atoms. The molecule has 0 amide bonds. The van der Waals surface area contributed by atoms with E-state index in [4.69, 9.17) is 4.74 Å². The normalized spacial score (nSPS) is 18.4. The van der Waals surface area contributed by atoms with Crippen molar-refractivity contribution in [1.82, 2.24) is 0 Å². The highest BCUT2D eigenvalue weighted by molar-refractivity contribution is 5.97. The predicted molar refractivity (Wildman–Crippen MR) is 205 cm³/mol. The molecule has 1 aliphatic heterocycles. The van der Waals surface area contributed by atoms with Crippen LogP contribution in [0.5, 0.6) is 11.5 Å². The van der Waals surface area contributed by atoms with Crippen LogP contribution >= 0.6 is 0 Å². The van der Waals surface area contributed by atoms with Crippen LogP contribution in [0.2, 0.25) is 0 Å². The summed E-state index contributed by atoms with van der Waals surface area (Å²) in [6.45, 7) is 2.35. The molecule has 8 aromatic carbocycles. The smallest absolute Gasteiger partial charge is 0.131 e. The van der Waals surface area contributed by atoms with Crippen LogP contribution in [0.25, 0.3) is 33.0 Å². The van der Waals surface area contributed by atoms with Crippen LogP contribution in [0, 0.1) is 0 Å². The topological polar surface area (TPSA) is 9.23 Å². The van der Waals surface area contributed by atoms with Gasteiger partial charge in [-0.1, -0.05) is 158 Å². The van der Waals surface area contributed by atoms with Crippen LogP contribution in [-0.4, -0.2) is 0 Å². The number of fused-ring (bicyclic) bond motifs is 6. The molecule has 0 fully saturated rings. The first-order valence-corrected chi connectivity index (χ1v) is 17.4. The van der Waals surface area contributed by atoms with Crippen LogP contribution in [0.3, 0.4) is 0 Å². The Morgan fingerprint density at radius 1 is 0.360 bits per heavy atom. The zero-order chi connectivity index (χ0) is 33.3. The van der Waals surface area contributed by atoms with E-state index < -0.39 is 10.8 Å². The third-order valence-corrected chi connectivity index (χ3v) is 11.3. The fourth-order valence-corrected chi connectivity index (χ4v) is 8.96. The molecule has 50 heavy (non-hydrogen) atoms. The van der Waals surface area contributed by atoms with E-state index in [1.54, 1.807) is 0 Å². The quantitative estimate of drug-likeness (QED) is 0.186. The maximum absolute atomic E-state index is 6.64. The zero-order valence-electron chi connectivity index (χ0n) is 27.8. The number of hydrogen-bond acceptors (Lipinski definition) is 1. The van der Waals surface area contributed by atoms with E-state index in [1.165, 1.54) is 72.0 Å². The average Bonchev–Trinajstić information content (AvgIpc) is 3.47. The Balaban J connectivity index is 1.27. The van der Waals surface area contributed by atoms with Gasteiger partial charge in [0.1, 0.15) is 11.5 Å². The maximum Gasteiger partial charge on any atom is 0.131 e. The first-order valence-electron chi connectivity index (χ1n) is 17.4. The molecule has 0 aromatic heterocycles. The van der Waals surface area contributed by atoms with E-state index in [-0.39, 0.29) is 0 Å². The van der Waals surface area contributed by atoms with Gasteiger partial charge in [-0.3, -0.25) is 0 Å². The highest BCUT2D eigenvalue weighted by Gasteiger charge is 2.47. The van der Waals surface area contributed by atoms with E-state index in [0.29, 0.717) is 0 Å². The van der Waals surface area contributed by atoms with E-state index in [9.17, 15) is 0 Å². The lowest BCUT2D eigenvalue weighted by Gasteiger charge is -2.39. The number of benzene rings is 8. The molecule has 2 atom stereocenters. The number of ether oxygens (including phenoxy) is 1. The van der Waals surface area contributed by atoms with Crippen LogP contribution < -0.4 is 4.74 Å². The molecule has 10 rings (SSSR count). The molecule has 1 nitrogen and oxygen atoms in total. The van der Waals surface area contributed by atoms with E-state index in [0.717, 1.165) is 11.5 Å². The average molecular weight is 639 g/mol. The second kappa shape index (κ2) is 10.9. The number of para-hydroxylation sites is 1. The monoisotopic (exact) mass is 638 g/mol. The first kappa shape index (κ1) is 28.8. The second-order valence-corrected chi connectivity index (χ2v) is 13.8. The van der Waals surface area contributed by atoms with Gasteiger partial charge in [-0.2, -0.15) is 0 Å². The summed E-state index contributed by atoms with van der Waals surface area (Å²) in [5.41, 5.74) is 12.8. The molecule has 0 N–H and O–H groups in total. The molecule has 236 valence electrons. The van der Waals surface area contributed by atoms with Crippen molar-refractivity contribution >= 4 is 10.8 Å². The van der Waals surface area contributed by atoms with Gasteiger partial charge in [-0.15, -0.1) is 0 Å². The Morgan fingerprint density at radius 2 is 0.900 bits per heavy atom. The van der Waals surface area contributed by atoms with Crippen molar-refractivity contribution in [2.75, 3.05) is 0 Å². The summed E-state index contributed by atoms with van der Waals surface area (Å²) in [6, 6.07) is 68.9. The fraction of sp³-hybridized carbons (Fsp3) is 0.0612. The second-order valence-electron chi connectivity index (χ2n) is 13.8. The minimum Gasteiger partial charge on any atom is -0.457 e. The summed E-state index contributed by atoms with van der Waals surface area (Å²) in [6.07, 6.45) is 0. The number of hydrogen-bond donors (Lipinski definition) is 0. The summed E-state index contributed by atoms with van der Waals surface area (Å²) >= 11 is 0. The van der Waals surface area contributed by atoms with Crippen LogP contribution in [0.15, 0.2) is 188 Å². The Hall–Kier alpha value is -6.18. The fourth-order valence-electron chi connectivity index (χ4n) is 8.96. The van der Waals surface area contributed by atoms with Crippen molar-refractivity contribution in [2.24, 2.45) is 0 Å². The van der Waals surface area contributed by atoms with Gasteiger partial charge in [0.25, 0.3) is 0 Å². The van der Waals surface area contributed by atoms with Crippen molar-refractivity contribution in [3.05, 3.63) is 227 Å². The molecule has 1 heterocycles. The predicted octanol–water partition coefficient (Wildman–Crippen LogP) is 12.3. The molecule has 0 bridgehead atoms. The Kier molecular flexibility index (Phi) is 6.29. The third kappa shape index (κ3) is 3.95. The molecular weight excluding hydrogens is 605 g/mol. The Labute approximate surface area is 293 Å². The third-order valence-electron chi connectivity index (χ3n) is 11.3. The van der Waals surface area contributed by atoms with Crippen molar-refractivity contribution in [2.45, 2.75) is 17.8 Å². The summed E-state index contributed by atoms with van der Waals surface area (Å²) < 4.78 is 6.64. The maximum atomic E-state index is 6.64. The molecule has 0 radical (unpaired) electrons. The van der Waals surface area contributed by atoms with E-state index in [2.05, 4.69) is 195 Å². The van der Waals surface area contributed by atoms with Gasteiger partial charge in [0.05, 0.1) is 5.41 Å². The van der Waals surface area contributed by atoms with Crippen molar-refractivity contribution < 1.29 is 4.74 Å². The van der Waals surface area contributed by atoms with Crippen LogP contribution in [-0.2, 0) is 10.8 Å². The molecule has 2 aliphatic rings. The number of rotatable bonds is 4. The summed E-state index contributed by atoms with van der Waals surface area (Å²) in [7, 11) is 0. The first-order chi connectivity index (χ1) is 24.7. The van der Waals surface area contributed by atoms with E-state index >= 15 is 0 Å². The molecule has 2 unspecified atom stereocenters. The van der Waals surface area contributed by atoms with Crippen LogP contribution in [0.1, 0.15) is 45.9 Å². The molecule has 8 aromatic rings. The van der Waals surface area contributed by atoms with Gasteiger partial charge >= 0.3 is 0 Å². The van der Waals surface area contributed by atoms with Gasteiger partial charge < -0.3 is 4.74 Å². The van der Waals surface area contributed by atoms with Crippen molar-refractivity contribution in [1.29, 1.82) is 0 Å². The molecule has 1 aliphatic carbocycles. The lowest BCUT2D eigenvalue weighted by atomic mass is 9.65. The lowest BCUT2D eigenvalue weighted by Crippen LogP contribution is -2.30. The highest BCUT2D eigenvalue weighted by Crippen LogP contribution is 2.59. The largest absolute Gasteiger partial charge is 0.457 e. The van der Waals surface area contributed by atoms with Gasteiger partial charge in [0.2, 0.25) is 0 Å². The van der Waals surface area contributed by atoms with E-state index in [1.807, 2.05) is 0 Å². The van der Waals surface area contributed by atoms with Gasteiger partial charge in [0, 0.05) is 16.5 Å². The minimum absolute atomic E-state index is 0.404. The standard InChI is InChI=1S/C49H34O/c1-48(36-18-4-2-5-19-36)43-26-14-15-27-46(43)50-47-29-28-35(32-45(47)48)38-22-10-12-24-41(38)49(37-20-6-3-7-21-37)42-25-13-11-23-39(42)40-30-33-16-8-9-17-34(33)31-44(40)49/h2-32H,1H3. The summed E-state index contributed by atoms with van der Waals surface area (Å²) in [5, 5.41) is 2.51. The highest BCUT2D eigenvalue weighted by atomic mass is 16.5. The van der Waals surface area contributed by atoms with Crippen molar-refractivity contribution in [3.8, 4) is 33.8 Å². The summed E-state index contributed by atoms with van der Waals surface area (Å²) in [4.78, 5) is 0. The summed E-state index contributed by atoms with van der Waals surface area (Å²) in [5.74, 6) is 1.81.